The van der Waals surface area contributed by atoms with E-state index in [2.05, 4.69) is 9.97 Å². The van der Waals surface area contributed by atoms with Crippen LogP contribution in [0.15, 0.2) is 30.5 Å². The first kappa shape index (κ1) is 13.8. The zero-order chi connectivity index (χ0) is 15.2. The lowest BCUT2D eigenvalue weighted by molar-refractivity contribution is -0.124. The van der Waals surface area contributed by atoms with Crippen molar-refractivity contribution in [1.82, 2.24) is 14.5 Å². The molecule has 3 aromatic rings. The molecular weight excluding hydrogens is 288 g/mol. The van der Waals surface area contributed by atoms with Crippen molar-refractivity contribution in [2.75, 3.05) is 0 Å². The largest absolute Gasteiger partial charge is 0.368 e. The molecule has 0 aliphatic carbocycles. The number of rotatable bonds is 3. The van der Waals surface area contributed by atoms with E-state index in [-0.39, 0.29) is 5.88 Å². The number of halogens is 1. The summed E-state index contributed by atoms with van der Waals surface area (Å²) in [6, 6.07) is 7.73. The molecule has 5 nitrogen and oxygen atoms in total. The maximum absolute atomic E-state index is 11.9. The zero-order valence-corrected chi connectivity index (χ0v) is 12.6. The van der Waals surface area contributed by atoms with Gasteiger partial charge in [-0.05, 0) is 19.9 Å². The second-order valence-electron chi connectivity index (χ2n) is 5.43. The highest BCUT2D eigenvalue weighted by Gasteiger charge is 2.32. The predicted octanol–water partition coefficient (Wildman–Crippen LogP) is 2.54. The summed E-state index contributed by atoms with van der Waals surface area (Å²) in [6.07, 6.45) is 1.70. The van der Waals surface area contributed by atoms with Gasteiger partial charge in [0.25, 0.3) is 0 Å². The van der Waals surface area contributed by atoms with Gasteiger partial charge in [0.2, 0.25) is 5.91 Å². The number of primary amides is 1. The Hall–Kier alpha value is -2.14. The number of nitrogens with zero attached hydrogens (tertiary/aromatic N) is 3. The van der Waals surface area contributed by atoms with Crippen LogP contribution in [-0.4, -0.2) is 20.4 Å². The van der Waals surface area contributed by atoms with Gasteiger partial charge in [-0.3, -0.25) is 9.78 Å². The number of fused-ring (bicyclic) bond motifs is 3. The minimum Gasteiger partial charge on any atom is -0.368 e. The van der Waals surface area contributed by atoms with Gasteiger partial charge in [-0.2, -0.15) is 0 Å². The van der Waals surface area contributed by atoms with Crippen LogP contribution in [0.4, 0.5) is 0 Å². The van der Waals surface area contributed by atoms with E-state index in [1.807, 2.05) is 28.8 Å². The van der Waals surface area contributed by atoms with Gasteiger partial charge in [0.05, 0.1) is 23.1 Å². The number of carbonyl (C=O) groups is 1. The number of hydrogen-bond acceptors (Lipinski definition) is 3. The van der Waals surface area contributed by atoms with Gasteiger partial charge < -0.3 is 10.3 Å². The van der Waals surface area contributed by atoms with Crippen LogP contribution in [0.5, 0.6) is 0 Å². The Balaban J connectivity index is 2.51. The topological polar surface area (TPSA) is 73.8 Å². The number of amides is 1. The van der Waals surface area contributed by atoms with Gasteiger partial charge in [0.1, 0.15) is 16.9 Å². The van der Waals surface area contributed by atoms with E-state index in [4.69, 9.17) is 17.3 Å². The molecule has 0 aliphatic rings. The first-order valence-corrected chi connectivity index (χ1v) is 7.11. The fraction of sp³-hybridized carbons (Fsp3) is 0.267. The second kappa shape index (κ2) is 4.70. The van der Waals surface area contributed by atoms with Crippen molar-refractivity contribution in [3.8, 4) is 0 Å². The highest BCUT2D eigenvalue weighted by Crippen LogP contribution is 2.30. The maximum atomic E-state index is 11.9. The number of carbonyl (C=O) groups excluding carboxylic acids is 1. The molecule has 1 amide bonds. The summed E-state index contributed by atoms with van der Waals surface area (Å²) >= 11 is 6.01. The third-order valence-electron chi connectivity index (χ3n) is 3.74. The molecule has 108 valence electrons. The normalized spacial score (nSPS) is 12.1. The maximum Gasteiger partial charge on any atom is 0.243 e. The van der Waals surface area contributed by atoms with E-state index in [1.54, 1.807) is 20.0 Å². The number of hydrogen-bond donors (Lipinski definition) is 1. The lowest BCUT2D eigenvalue weighted by Gasteiger charge is -2.25. The van der Waals surface area contributed by atoms with Crippen LogP contribution in [0.25, 0.3) is 21.9 Å². The molecule has 21 heavy (non-hydrogen) atoms. The molecule has 0 bridgehead atoms. The SMILES string of the molecule is CC(C)(C(N)=O)n1c(CCl)nc2cnc3ccccc3c21. The molecule has 0 saturated carbocycles. The van der Waals surface area contributed by atoms with Crippen molar-refractivity contribution in [3.05, 3.63) is 36.3 Å². The van der Waals surface area contributed by atoms with Gasteiger partial charge in [-0.15, -0.1) is 11.6 Å². The summed E-state index contributed by atoms with van der Waals surface area (Å²) in [5.41, 5.74) is 7.03. The Kier molecular flexibility index (Phi) is 3.10. The minimum absolute atomic E-state index is 0.194. The van der Waals surface area contributed by atoms with E-state index < -0.39 is 11.4 Å². The van der Waals surface area contributed by atoms with E-state index in [0.717, 1.165) is 16.4 Å². The minimum atomic E-state index is -0.927. The van der Waals surface area contributed by atoms with Crippen LogP contribution in [0.2, 0.25) is 0 Å². The Labute approximate surface area is 126 Å². The number of nitrogens with two attached hydrogens (primary N) is 1. The molecule has 0 aliphatic heterocycles. The van der Waals surface area contributed by atoms with E-state index in [1.165, 1.54) is 0 Å². The average Bonchev–Trinajstić information content (AvgIpc) is 2.86. The zero-order valence-electron chi connectivity index (χ0n) is 11.8. The lowest BCUT2D eigenvalue weighted by atomic mass is 10.0. The van der Waals surface area contributed by atoms with Crippen molar-refractivity contribution < 1.29 is 4.79 Å². The number of aromatic nitrogens is 3. The van der Waals surface area contributed by atoms with Crippen LogP contribution in [-0.2, 0) is 16.2 Å². The van der Waals surface area contributed by atoms with Gasteiger partial charge in [-0.25, -0.2) is 4.98 Å². The summed E-state index contributed by atoms with van der Waals surface area (Å²) in [6.45, 7) is 3.53. The van der Waals surface area contributed by atoms with Crippen LogP contribution < -0.4 is 5.73 Å². The van der Waals surface area contributed by atoms with Crippen molar-refractivity contribution in [2.45, 2.75) is 25.3 Å². The lowest BCUT2D eigenvalue weighted by Crippen LogP contribution is -2.41. The Morgan fingerprint density at radius 2 is 2.05 bits per heavy atom. The number of pyridine rings is 1. The summed E-state index contributed by atoms with van der Waals surface area (Å²) in [7, 11) is 0. The molecule has 0 atom stereocenters. The van der Waals surface area contributed by atoms with Crippen molar-refractivity contribution in [3.63, 3.8) is 0 Å². The summed E-state index contributed by atoms with van der Waals surface area (Å²) < 4.78 is 1.82. The number of alkyl halides is 1. The predicted molar refractivity (Wildman–Crippen MR) is 83.1 cm³/mol. The standard InChI is InChI=1S/C15H15ClN4O/c1-15(2,14(17)21)20-12(7-16)19-11-8-18-10-6-4-3-5-9(10)13(11)20/h3-6,8H,7H2,1-2H3,(H2,17,21). The Morgan fingerprint density at radius 1 is 1.33 bits per heavy atom. The first-order valence-electron chi connectivity index (χ1n) is 6.58. The number of benzene rings is 1. The molecule has 0 spiro atoms. The molecule has 1 aromatic carbocycles. The van der Waals surface area contributed by atoms with Crippen molar-refractivity contribution in [1.29, 1.82) is 0 Å². The second-order valence-corrected chi connectivity index (χ2v) is 5.70. The van der Waals surface area contributed by atoms with Crippen LogP contribution >= 0.6 is 11.6 Å². The van der Waals surface area contributed by atoms with Crippen LogP contribution in [0.1, 0.15) is 19.7 Å². The van der Waals surface area contributed by atoms with E-state index in [9.17, 15) is 4.79 Å². The molecule has 2 heterocycles. The van der Waals surface area contributed by atoms with Gasteiger partial charge in [0, 0.05) is 5.39 Å². The quantitative estimate of drug-likeness (QED) is 0.756. The molecule has 0 fully saturated rings. The highest BCUT2D eigenvalue weighted by atomic mass is 35.5. The first-order chi connectivity index (χ1) is 9.96. The molecule has 6 heteroatoms. The van der Waals surface area contributed by atoms with Gasteiger partial charge in [-0.1, -0.05) is 18.2 Å². The summed E-state index contributed by atoms with van der Waals surface area (Å²) in [5, 5.41) is 0.924. The Bertz CT molecular complexity index is 853. The molecule has 2 N–H and O–H groups in total. The molecular formula is C15H15ClN4O. The van der Waals surface area contributed by atoms with E-state index >= 15 is 0 Å². The van der Waals surface area contributed by atoms with Crippen LogP contribution in [0, 0.1) is 0 Å². The van der Waals surface area contributed by atoms with E-state index in [0.29, 0.717) is 11.3 Å². The van der Waals surface area contributed by atoms with Gasteiger partial charge >= 0.3 is 0 Å². The molecule has 3 rings (SSSR count). The highest BCUT2D eigenvalue weighted by molar-refractivity contribution is 6.17. The van der Waals surface area contributed by atoms with Crippen molar-refractivity contribution >= 4 is 39.4 Å². The number of imidazole rings is 1. The monoisotopic (exact) mass is 302 g/mol. The fourth-order valence-corrected chi connectivity index (χ4v) is 2.73. The fourth-order valence-electron chi connectivity index (χ4n) is 2.55. The smallest absolute Gasteiger partial charge is 0.243 e. The molecule has 0 radical (unpaired) electrons. The third kappa shape index (κ3) is 1.96. The molecule has 0 saturated heterocycles. The number of para-hydroxylation sites is 1. The molecule has 2 aromatic heterocycles. The molecule has 0 unspecified atom stereocenters. The van der Waals surface area contributed by atoms with Crippen LogP contribution in [0.3, 0.4) is 0 Å². The Morgan fingerprint density at radius 3 is 2.71 bits per heavy atom. The van der Waals surface area contributed by atoms with Crippen molar-refractivity contribution in [2.24, 2.45) is 5.73 Å². The summed E-state index contributed by atoms with van der Waals surface area (Å²) in [5.74, 6) is 0.363. The average molecular weight is 303 g/mol. The summed E-state index contributed by atoms with van der Waals surface area (Å²) in [4.78, 5) is 20.8. The third-order valence-corrected chi connectivity index (χ3v) is 3.98. The van der Waals surface area contributed by atoms with Gasteiger partial charge in [0.15, 0.2) is 0 Å².